The molecule has 6 atom stereocenters. The van der Waals surface area contributed by atoms with Gasteiger partial charge in [-0.1, -0.05) is 30.4 Å². The van der Waals surface area contributed by atoms with Crippen molar-refractivity contribution in [2.45, 2.75) is 50.0 Å². The molecule has 3 aliphatic rings. The highest BCUT2D eigenvalue weighted by atomic mass is 16.5. The number of aliphatic hydroxyl groups excluding tert-OH is 1. The van der Waals surface area contributed by atoms with E-state index in [1.54, 1.807) is 60.3 Å². The van der Waals surface area contributed by atoms with Crippen LogP contribution >= 0.6 is 0 Å². The van der Waals surface area contributed by atoms with E-state index in [0.717, 1.165) is 0 Å². The molecule has 3 saturated heterocycles. The number of carbonyl (C=O) groups is 3. The second-order valence-corrected chi connectivity index (χ2v) is 11.5. The number of amides is 3. The van der Waals surface area contributed by atoms with Gasteiger partial charge in [-0.2, -0.15) is 0 Å². The summed E-state index contributed by atoms with van der Waals surface area (Å²) < 4.78 is 12.1. The Labute approximate surface area is 247 Å². The van der Waals surface area contributed by atoms with E-state index in [0.29, 0.717) is 30.0 Å². The van der Waals surface area contributed by atoms with E-state index >= 15 is 0 Å². The van der Waals surface area contributed by atoms with Crippen molar-refractivity contribution in [3.8, 4) is 5.75 Å². The smallest absolute Gasteiger partial charge is 0.253 e. The van der Waals surface area contributed by atoms with Crippen LogP contribution in [0.1, 0.15) is 26.7 Å². The fourth-order valence-electron chi connectivity index (χ4n) is 7.17. The van der Waals surface area contributed by atoms with Gasteiger partial charge < -0.3 is 29.3 Å². The van der Waals surface area contributed by atoms with E-state index in [1.165, 1.54) is 4.90 Å². The van der Waals surface area contributed by atoms with Gasteiger partial charge in [-0.25, -0.2) is 0 Å². The number of aliphatic hydroxyl groups is 1. The highest BCUT2D eigenvalue weighted by Gasteiger charge is 2.78. The lowest BCUT2D eigenvalue weighted by atomic mass is 9.66. The van der Waals surface area contributed by atoms with Gasteiger partial charge in [0, 0.05) is 24.5 Å². The number of carbonyl (C=O) groups excluding carboxylic acids is 3. The van der Waals surface area contributed by atoms with Crippen molar-refractivity contribution in [1.82, 2.24) is 4.90 Å². The minimum absolute atomic E-state index is 0.193. The summed E-state index contributed by atoms with van der Waals surface area (Å²) in [4.78, 5) is 48.1. The molecule has 2 aromatic carbocycles. The first-order valence-corrected chi connectivity index (χ1v) is 14.3. The lowest BCUT2D eigenvalue weighted by molar-refractivity contribution is -0.147. The first-order chi connectivity index (χ1) is 20.2. The van der Waals surface area contributed by atoms with Gasteiger partial charge in [0.05, 0.1) is 37.2 Å². The molecule has 3 heterocycles. The van der Waals surface area contributed by atoms with Crippen molar-refractivity contribution in [3.05, 3.63) is 79.9 Å². The van der Waals surface area contributed by atoms with Crippen LogP contribution in [-0.2, 0) is 19.1 Å². The lowest BCUT2D eigenvalue weighted by Crippen LogP contribution is -2.58. The number of fused-ring (bicyclic) bond motifs is 1. The highest BCUT2D eigenvalue weighted by Crippen LogP contribution is 2.64. The van der Waals surface area contributed by atoms with E-state index in [1.807, 2.05) is 37.3 Å². The summed E-state index contributed by atoms with van der Waals surface area (Å²) in [5.41, 5.74) is -0.868. The summed E-state index contributed by atoms with van der Waals surface area (Å²) in [6.45, 7) is 11.4. The molecule has 5 rings (SSSR count). The predicted molar refractivity (Wildman–Crippen MR) is 160 cm³/mol. The fourth-order valence-corrected chi connectivity index (χ4v) is 7.17. The number of para-hydroxylation sites is 1. The minimum atomic E-state index is -1.23. The van der Waals surface area contributed by atoms with Gasteiger partial charge in [0.25, 0.3) is 5.91 Å². The normalized spacial score (nSPS) is 28.2. The molecule has 3 fully saturated rings. The lowest BCUT2D eigenvalue weighted by Gasteiger charge is -2.38. The number of ether oxygens (including phenoxy) is 2. The number of nitrogens with zero attached hydrogens (tertiary/aromatic N) is 3. The molecular weight excluding hydrogens is 534 g/mol. The van der Waals surface area contributed by atoms with Crippen LogP contribution in [-0.4, -0.2) is 77.8 Å². The minimum Gasteiger partial charge on any atom is -0.497 e. The third kappa shape index (κ3) is 4.51. The summed E-state index contributed by atoms with van der Waals surface area (Å²) in [5.74, 6) is -2.00. The maximum atomic E-state index is 14.6. The Kier molecular flexibility index (Phi) is 8.00. The van der Waals surface area contributed by atoms with Gasteiger partial charge in [0.1, 0.15) is 17.4 Å². The zero-order chi connectivity index (χ0) is 30.2. The highest BCUT2D eigenvalue weighted by molar-refractivity contribution is 6.07. The maximum Gasteiger partial charge on any atom is 0.253 e. The van der Waals surface area contributed by atoms with Crippen molar-refractivity contribution in [1.29, 1.82) is 0 Å². The van der Waals surface area contributed by atoms with Crippen molar-refractivity contribution in [3.63, 3.8) is 0 Å². The Morgan fingerprint density at radius 2 is 1.64 bits per heavy atom. The first kappa shape index (κ1) is 29.5. The number of methoxy groups -OCH3 is 1. The van der Waals surface area contributed by atoms with E-state index in [2.05, 4.69) is 13.2 Å². The molecule has 1 spiro atoms. The van der Waals surface area contributed by atoms with Crippen LogP contribution in [0.4, 0.5) is 11.4 Å². The van der Waals surface area contributed by atoms with E-state index in [4.69, 9.17) is 9.47 Å². The van der Waals surface area contributed by atoms with Crippen molar-refractivity contribution in [2.75, 3.05) is 36.6 Å². The molecule has 0 aliphatic carbocycles. The van der Waals surface area contributed by atoms with Crippen LogP contribution in [0.25, 0.3) is 0 Å². The average molecular weight is 574 g/mol. The van der Waals surface area contributed by atoms with Crippen LogP contribution < -0.4 is 14.5 Å². The number of rotatable bonds is 11. The Hall–Kier alpha value is -3.95. The zero-order valence-corrected chi connectivity index (χ0v) is 24.4. The largest absolute Gasteiger partial charge is 0.497 e. The third-order valence-electron chi connectivity index (χ3n) is 9.06. The summed E-state index contributed by atoms with van der Waals surface area (Å²) in [5, 5.41) is 10.2. The molecule has 2 bridgehead atoms. The van der Waals surface area contributed by atoms with Crippen molar-refractivity contribution in [2.24, 2.45) is 11.8 Å². The van der Waals surface area contributed by atoms with Crippen molar-refractivity contribution >= 4 is 29.1 Å². The molecule has 3 amide bonds. The summed E-state index contributed by atoms with van der Waals surface area (Å²) >= 11 is 0. The first-order valence-electron chi connectivity index (χ1n) is 14.3. The van der Waals surface area contributed by atoms with Crippen LogP contribution in [0.15, 0.2) is 79.9 Å². The van der Waals surface area contributed by atoms with E-state index in [-0.39, 0.29) is 37.4 Å². The molecule has 2 unspecified atom stereocenters. The average Bonchev–Trinajstić information content (AvgIpc) is 3.58. The van der Waals surface area contributed by atoms with Gasteiger partial charge in [0.2, 0.25) is 11.8 Å². The van der Waals surface area contributed by atoms with Gasteiger partial charge >= 0.3 is 0 Å². The quantitative estimate of drug-likeness (QED) is 0.413. The summed E-state index contributed by atoms with van der Waals surface area (Å²) in [6.07, 6.45) is 4.23. The molecule has 3 aliphatic heterocycles. The number of hydrogen-bond acceptors (Lipinski definition) is 6. The van der Waals surface area contributed by atoms with Crippen LogP contribution in [0.2, 0.25) is 0 Å². The Morgan fingerprint density at radius 1 is 1.05 bits per heavy atom. The van der Waals surface area contributed by atoms with Gasteiger partial charge in [-0.05, 0) is 63.1 Å². The number of benzene rings is 2. The molecule has 0 radical (unpaired) electrons. The summed E-state index contributed by atoms with van der Waals surface area (Å²) in [7, 11) is 1.57. The van der Waals surface area contributed by atoms with Crippen LogP contribution in [0, 0.1) is 11.8 Å². The predicted octanol–water partition coefficient (Wildman–Crippen LogP) is 3.58. The van der Waals surface area contributed by atoms with E-state index < -0.39 is 35.1 Å². The van der Waals surface area contributed by atoms with Crippen LogP contribution in [0.3, 0.4) is 0 Å². The Morgan fingerprint density at radius 3 is 2.21 bits per heavy atom. The molecule has 42 heavy (non-hydrogen) atoms. The molecule has 9 heteroatoms. The van der Waals surface area contributed by atoms with Crippen molar-refractivity contribution < 1.29 is 29.0 Å². The molecule has 0 saturated carbocycles. The van der Waals surface area contributed by atoms with E-state index in [9.17, 15) is 19.5 Å². The SMILES string of the molecule is C=CCN(C(=O)C1N([C@H](C)CO)C(=O)[C@@H]2[C@@H](C(=O)N(CC=C)c3ccccc3)[C@@]3(C)CCC12O3)c1ccc(OC)cc1. The molecule has 9 nitrogen and oxygen atoms in total. The molecular formula is C33H39N3O6. The number of hydrogen-bond donors (Lipinski definition) is 1. The molecule has 2 aromatic rings. The zero-order valence-electron chi connectivity index (χ0n) is 24.4. The van der Waals surface area contributed by atoms with Crippen LogP contribution in [0.5, 0.6) is 5.75 Å². The number of likely N-dealkylation sites (tertiary alicyclic amines) is 1. The summed E-state index contributed by atoms with van der Waals surface area (Å²) in [6, 6.07) is 14.6. The maximum absolute atomic E-state index is 14.6. The topological polar surface area (TPSA) is 99.6 Å². The van der Waals surface area contributed by atoms with Gasteiger partial charge in [0.15, 0.2) is 0 Å². The van der Waals surface area contributed by atoms with Gasteiger partial charge in [-0.15, -0.1) is 13.2 Å². The van der Waals surface area contributed by atoms with Gasteiger partial charge in [-0.3, -0.25) is 14.4 Å². The standard InChI is InChI=1S/C33H39N3O6/c1-6-19-34(23-11-9-8-10-12-23)29(38)26-27-30(39)36(22(3)21-37)28(33(27)18-17-32(26,4)42-33)31(40)35(20-7-2)24-13-15-25(41-5)16-14-24/h6-16,22,26-28,37H,1-2,17-21H2,3-5H3/t22-,26+,27+,28?,32-,33?/m1/s1. The second kappa shape index (κ2) is 11.4. The third-order valence-corrected chi connectivity index (χ3v) is 9.06. The molecule has 1 N–H and O–H groups in total. The number of anilines is 2. The monoisotopic (exact) mass is 573 g/mol. The Bertz CT molecular complexity index is 1360. The fraction of sp³-hybridized carbons (Fsp3) is 0.424. The molecule has 222 valence electrons. The second-order valence-electron chi connectivity index (χ2n) is 11.5. The Balaban J connectivity index is 1.59. The molecule has 0 aromatic heterocycles.